The van der Waals surface area contributed by atoms with Crippen LogP contribution in [-0.4, -0.2) is 66.3 Å². The zero-order valence-corrected chi connectivity index (χ0v) is 10.9. The summed E-state index contributed by atoms with van der Waals surface area (Å²) >= 11 is 0. The molecule has 1 heterocycles. The Kier molecular flexibility index (Phi) is 5.64. The zero-order valence-electron chi connectivity index (χ0n) is 10.9. The Labute approximate surface area is 107 Å². The van der Waals surface area contributed by atoms with Gasteiger partial charge >= 0.3 is 12.1 Å². The molecule has 1 fully saturated rings. The predicted molar refractivity (Wildman–Crippen MR) is 66.4 cm³/mol. The summed E-state index contributed by atoms with van der Waals surface area (Å²) in [5, 5.41) is 8.73. The molecule has 0 aromatic carbocycles. The number of rotatable bonds is 4. The van der Waals surface area contributed by atoms with Crippen LogP contribution in [0.1, 0.15) is 13.8 Å². The van der Waals surface area contributed by atoms with Gasteiger partial charge in [-0.2, -0.15) is 0 Å². The lowest BCUT2D eigenvalue weighted by atomic mass is 10.2. The minimum Gasteiger partial charge on any atom is -0.478 e. The average Bonchev–Trinajstić information content (AvgIpc) is 2.36. The highest BCUT2D eigenvalue weighted by Gasteiger charge is 2.21. The summed E-state index contributed by atoms with van der Waals surface area (Å²) in [4.78, 5) is 25.9. The van der Waals surface area contributed by atoms with E-state index in [0.717, 1.165) is 13.1 Å². The molecule has 0 spiro atoms. The van der Waals surface area contributed by atoms with E-state index in [-0.39, 0.29) is 6.09 Å². The highest BCUT2D eigenvalue weighted by molar-refractivity contribution is 5.85. The lowest BCUT2D eigenvalue weighted by Crippen LogP contribution is -2.48. The topological polar surface area (TPSA) is 70.1 Å². The Balaban J connectivity index is 2.33. The molecule has 6 heteroatoms. The van der Waals surface area contributed by atoms with Gasteiger partial charge in [0.25, 0.3) is 0 Å². The Bertz CT molecular complexity index is 333. The fourth-order valence-corrected chi connectivity index (χ4v) is 1.68. The second-order valence-electron chi connectivity index (χ2n) is 4.18. The first-order valence-corrected chi connectivity index (χ1v) is 6.08. The van der Waals surface area contributed by atoms with Crippen molar-refractivity contribution in [2.45, 2.75) is 13.8 Å². The molecule has 1 saturated heterocycles. The summed E-state index contributed by atoms with van der Waals surface area (Å²) in [6, 6.07) is 0. The molecule has 6 nitrogen and oxygen atoms in total. The van der Waals surface area contributed by atoms with E-state index in [1.807, 2.05) is 0 Å². The zero-order chi connectivity index (χ0) is 13.5. The van der Waals surface area contributed by atoms with Crippen LogP contribution in [0.5, 0.6) is 0 Å². The van der Waals surface area contributed by atoms with E-state index in [9.17, 15) is 9.59 Å². The molecule has 0 unspecified atom stereocenters. The van der Waals surface area contributed by atoms with Crippen LogP contribution in [0.15, 0.2) is 11.6 Å². The standard InChI is InChI=1S/C12H20N2O4/c1-3-18-12(17)14-8-6-13(7-9-14)5-4-10(2)11(15)16/h4H,3,5-9H2,1-2H3,(H,15,16)/b10-4-. The molecule has 0 aromatic heterocycles. The van der Waals surface area contributed by atoms with Crippen molar-refractivity contribution in [3.63, 3.8) is 0 Å². The molecular formula is C12H20N2O4. The molecule has 18 heavy (non-hydrogen) atoms. The number of aliphatic carboxylic acids is 1. The van der Waals surface area contributed by atoms with Crippen LogP contribution in [0.2, 0.25) is 0 Å². The number of carbonyl (C=O) groups is 2. The fourth-order valence-electron chi connectivity index (χ4n) is 1.68. The van der Waals surface area contributed by atoms with E-state index in [1.54, 1.807) is 24.8 Å². The Hall–Kier alpha value is -1.56. The number of piperazine rings is 1. The van der Waals surface area contributed by atoms with Crippen LogP contribution in [-0.2, 0) is 9.53 Å². The quantitative estimate of drug-likeness (QED) is 0.753. The van der Waals surface area contributed by atoms with E-state index >= 15 is 0 Å². The third-order valence-electron chi connectivity index (χ3n) is 2.89. The third kappa shape index (κ3) is 4.37. The largest absolute Gasteiger partial charge is 0.478 e. The lowest BCUT2D eigenvalue weighted by Gasteiger charge is -2.33. The van der Waals surface area contributed by atoms with Crippen molar-refractivity contribution < 1.29 is 19.4 Å². The predicted octanol–water partition coefficient (Wildman–Crippen LogP) is 0.791. The van der Waals surface area contributed by atoms with Gasteiger partial charge in [-0.3, -0.25) is 4.90 Å². The number of hydrogen-bond acceptors (Lipinski definition) is 4. The highest BCUT2D eigenvalue weighted by Crippen LogP contribution is 2.04. The molecular weight excluding hydrogens is 236 g/mol. The van der Waals surface area contributed by atoms with Crippen molar-refractivity contribution in [1.29, 1.82) is 0 Å². The van der Waals surface area contributed by atoms with Gasteiger partial charge in [-0.15, -0.1) is 0 Å². The van der Waals surface area contributed by atoms with E-state index < -0.39 is 5.97 Å². The van der Waals surface area contributed by atoms with Crippen molar-refractivity contribution >= 4 is 12.1 Å². The van der Waals surface area contributed by atoms with E-state index in [1.165, 1.54) is 0 Å². The van der Waals surface area contributed by atoms with Gasteiger partial charge in [0.1, 0.15) is 0 Å². The second kappa shape index (κ2) is 7.00. The van der Waals surface area contributed by atoms with Gasteiger partial charge in [0.15, 0.2) is 0 Å². The second-order valence-corrected chi connectivity index (χ2v) is 4.18. The molecule has 0 saturated carbocycles. The van der Waals surface area contributed by atoms with Crippen LogP contribution in [0.4, 0.5) is 4.79 Å². The fraction of sp³-hybridized carbons (Fsp3) is 0.667. The summed E-state index contributed by atoms with van der Waals surface area (Å²) in [5.41, 5.74) is 0.350. The molecule has 0 radical (unpaired) electrons. The molecule has 0 aromatic rings. The van der Waals surface area contributed by atoms with Gasteiger partial charge in [-0.05, 0) is 13.8 Å². The van der Waals surface area contributed by atoms with Crippen molar-refractivity contribution in [1.82, 2.24) is 9.80 Å². The first kappa shape index (κ1) is 14.5. The molecule has 1 amide bonds. The number of hydrogen-bond donors (Lipinski definition) is 1. The van der Waals surface area contributed by atoms with Crippen molar-refractivity contribution in [3.05, 3.63) is 11.6 Å². The summed E-state index contributed by atoms with van der Waals surface area (Å²) in [5.74, 6) is -0.889. The van der Waals surface area contributed by atoms with Gasteiger partial charge in [-0.25, -0.2) is 9.59 Å². The summed E-state index contributed by atoms with van der Waals surface area (Å²) in [6.07, 6.45) is 1.43. The Morgan fingerprint density at radius 3 is 2.39 bits per heavy atom. The normalized spacial score (nSPS) is 17.7. The summed E-state index contributed by atoms with van der Waals surface area (Å²) in [7, 11) is 0. The van der Waals surface area contributed by atoms with Gasteiger partial charge in [0, 0.05) is 38.3 Å². The minimum atomic E-state index is -0.889. The molecule has 1 aliphatic heterocycles. The third-order valence-corrected chi connectivity index (χ3v) is 2.89. The SMILES string of the molecule is CCOC(=O)N1CCN(C/C=C(/C)C(=O)O)CC1. The van der Waals surface area contributed by atoms with E-state index in [4.69, 9.17) is 9.84 Å². The molecule has 0 aliphatic carbocycles. The maximum Gasteiger partial charge on any atom is 0.409 e. The van der Waals surface area contributed by atoms with Gasteiger partial charge in [0.2, 0.25) is 0 Å². The smallest absolute Gasteiger partial charge is 0.409 e. The first-order valence-electron chi connectivity index (χ1n) is 6.08. The number of amides is 1. The van der Waals surface area contributed by atoms with E-state index in [2.05, 4.69) is 4.90 Å². The molecule has 102 valence electrons. The van der Waals surface area contributed by atoms with Crippen LogP contribution in [0.25, 0.3) is 0 Å². The number of ether oxygens (including phenoxy) is 1. The van der Waals surface area contributed by atoms with Crippen LogP contribution in [0.3, 0.4) is 0 Å². The van der Waals surface area contributed by atoms with Crippen molar-refractivity contribution in [2.75, 3.05) is 39.3 Å². The average molecular weight is 256 g/mol. The van der Waals surface area contributed by atoms with Gasteiger partial charge in [0.05, 0.1) is 6.61 Å². The molecule has 0 atom stereocenters. The maximum absolute atomic E-state index is 11.5. The molecule has 1 rings (SSSR count). The number of carbonyl (C=O) groups excluding carboxylic acids is 1. The van der Waals surface area contributed by atoms with Crippen molar-refractivity contribution in [2.24, 2.45) is 0 Å². The number of nitrogens with zero attached hydrogens (tertiary/aromatic N) is 2. The first-order chi connectivity index (χ1) is 8.54. The summed E-state index contributed by atoms with van der Waals surface area (Å²) in [6.45, 7) is 7.08. The molecule has 1 aliphatic rings. The lowest BCUT2D eigenvalue weighted by molar-refractivity contribution is -0.132. The number of carboxylic acids is 1. The Morgan fingerprint density at radius 2 is 1.89 bits per heavy atom. The van der Waals surface area contributed by atoms with Crippen molar-refractivity contribution in [3.8, 4) is 0 Å². The summed E-state index contributed by atoms with van der Waals surface area (Å²) < 4.78 is 4.93. The Morgan fingerprint density at radius 1 is 1.28 bits per heavy atom. The number of carboxylic acid groups (broad SMARTS) is 1. The molecule has 1 N–H and O–H groups in total. The highest BCUT2D eigenvalue weighted by atomic mass is 16.6. The van der Waals surface area contributed by atoms with Gasteiger partial charge < -0.3 is 14.7 Å². The monoisotopic (exact) mass is 256 g/mol. The van der Waals surface area contributed by atoms with Crippen LogP contribution in [0, 0.1) is 0 Å². The van der Waals surface area contributed by atoms with Gasteiger partial charge in [-0.1, -0.05) is 6.08 Å². The van der Waals surface area contributed by atoms with E-state index in [0.29, 0.717) is 31.8 Å². The molecule has 0 bridgehead atoms. The maximum atomic E-state index is 11.5. The van der Waals surface area contributed by atoms with Crippen LogP contribution < -0.4 is 0 Å². The minimum absolute atomic E-state index is 0.269. The van der Waals surface area contributed by atoms with Crippen LogP contribution >= 0.6 is 0 Å².